The Morgan fingerprint density at radius 1 is 1.11 bits per heavy atom. The highest BCUT2D eigenvalue weighted by molar-refractivity contribution is 5.85. The smallest absolute Gasteiger partial charge is 0.164 e. The minimum atomic E-state index is -0.334. The molecule has 6 heteroatoms. The lowest BCUT2D eigenvalue weighted by Crippen LogP contribution is -2.61. The number of phenolic OH excluding ortho intramolecular Hbond substituents is 1. The fourth-order valence-electron chi connectivity index (χ4n) is 6.93. The number of piperidine rings is 1. The molecule has 2 aliphatic carbocycles. The van der Waals surface area contributed by atoms with Gasteiger partial charge in [0.15, 0.2) is 11.5 Å². The number of carbonyl (C=O) groups is 1. The molecule has 3 aromatic carbocycles. The zero-order chi connectivity index (χ0) is 23.4. The van der Waals surface area contributed by atoms with Crippen molar-refractivity contribution in [2.45, 2.75) is 50.2 Å². The molecule has 3 aliphatic rings. The van der Waals surface area contributed by atoms with Crippen molar-refractivity contribution in [1.29, 1.82) is 0 Å². The zero-order valence-electron chi connectivity index (χ0n) is 20.3. The molecule has 1 N–H and O–H groups in total. The Balaban J connectivity index is 0.00000253. The molecule has 184 valence electrons. The van der Waals surface area contributed by atoms with Crippen LogP contribution in [0.3, 0.4) is 0 Å². The average molecular weight is 494 g/mol. The van der Waals surface area contributed by atoms with Gasteiger partial charge in [0.05, 0.1) is 7.11 Å². The van der Waals surface area contributed by atoms with Crippen molar-refractivity contribution in [2.75, 3.05) is 20.7 Å². The van der Waals surface area contributed by atoms with E-state index in [2.05, 4.69) is 42.3 Å². The highest BCUT2D eigenvalue weighted by Gasteiger charge is 2.57. The standard InChI is InChI=1S/C29H31NO4.ClH/c1-30-12-11-29-16-21(31)9-10-23(29)24(30)14-22-25(15-26(33-2)28(32)27(22)29)34-17-18-7-8-19-5-3-4-6-20(19)13-18;/h3-8,13,15,23-24,32H,9-12,14,16-17H2,1-2H3;1H/t23-,24+,29-;/m0./s1. The second kappa shape index (κ2) is 9.03. The minimum absolute atomic E-state index is 0. The van der Waals surface area contributed by atoms with Gasteiger partial charge in [-0.2, -0.15) is 0 Å². The number of benzene rings is 3. The molecule has 2 bridgehead atoms. The molecule has 35 heavy (non-hydrogen) atoms. The van der Waals surface area contributed by atoms with Gasteiger partial charge < -0.3 is 19.5 Å². The number of hydrogen-bond acceptors (Lipinski definition) is 5. The lowest BCUT2D eigenvalue weighted by molar-refractivity contribution is -0.127. The van der Waals surface area contributed by atoms with Crippen molar-refractivity contribution in [3.8, 4) is 17.2 Å². The number of halogens is 1. The molecule has 6 rings (SSSR count). The van der Waals surface area contributed by atoms with Gasteiger partial charge >= 0.3 is 0 Å². The number of Topliss-reactive ketones (excluding diaryl/α,β-unsaturated/α-hetero) is 1. The Labute approximate surface area is 212 Å². The molecule has 0 aromatic heterocycles. The Hall–Kier alpha value is -2.76. The van der Waals surface area contributed by atoms with Crippen LogP contribution in [0.1, 0.15) is 42.4 Å². The van der Waals surface area contributed by atoms with E-state index in [0.717, 1.165) is 48.2 Å². The molecule has 1 aliphatic heterocycles. The second-order valence-electron chi connectivity index (χ2n) is 10.3. The summed E-state index contributed by atoms with van der Waals surface area (Å²) < 4.78 is 12.0. The van der Waals surface area contributed by atoms with Crippen LogP contribution in [0.5, 0.6) is 17.2 Å². The highest BCUT2D eigenvalue weighted by atomic mass is 35.5. The summed E-state index contributed by atoms with van der Waals surface area (Å²) in [6, 6.07) is 16.9. The summed E-state index contributed by atoms with van der Waals surface area (Å²) in [6.45, 7) is 1.36. The van der Waals surface area contributed by atoms with Crippen molar-refractivity contribution in [1.82, 2.24) is 4.90 Å². The molecule has 0 spiro atoms. The van der Waals surface area contributed by atoms with Crippen molar-refractivity contribution >= 4 is 29.0 Å². The predicted octanol–water partition coefficient (Wildman–Crippen LogP) is 5.42. The SMILES string of the molecule is COc1cc(OCc2ccc3ccccc3c2)c2c(c1O)[C@]13CCN(C)[C@H](C2)[C@@H]1CCC(=O)C3.Cl. The van der Waals surface area contributed by atoms with Gasteiger partial charge in [0.1, 0.15) is 18.1 Å². The van der Waals surface area contributed by atoms with Gasteiger partial charge in [-0.1, -0.05) is 36.4 Å². The Morgan fingerprint density at radius 3 is 2.71 bits per heavy atom. The van der Waals surface area contributed by atoms with Crippen LogP contribution in [-0.2, 0) is 23.2 Å². The minimum Gasteiger partial charge on any atom is -0.504 e. The molecule has 3 atom stereocenters. The fraction of sp³-hybridized carbons (Fsp3) is 0.414. The Kier molecular flexibility index (Phi) is 6.18. The number of phenols is 1. The van der Waals surface area contributed by atoms with Gasteiger partial charge in [-0.15, -0.1) is 12.4 Å². The normalized spacial score (nSPS) is 25.4. The molecular formula is C29H32ClNO4. The van der Waals surface area contributed by atoms with Crippen LogP contribution in [0.4, 0.5) is 0 Å². The molecule has 5 nitrogen and oxygen atoms in total. The van der Waals surface area contributed by atoms with Crippen molar-refractivity contribution in [2.24, 2.45) is 5.92 Å². The fourth-order valence-corrected chi connectivity index (χ4v) is 6.93. The molecular weight excluding hydrogens is 462 g/mol. The number of rotatable bonds is 4. The van der Waals surface area contributed by atoms with Crippen LogP contribution in [0.2, 0.25) is 0 Å². The van der Waals surface area contributed by atoms with Crippen LogP contribution >= 0.6 is 12.4 Å². The number of fused-ring (bicyclic) bond motifs is 2. The van der Waals surface area contributed by atoms with E-state index >= 15 is 0 Å². The number of likely N-dealkylation sites (N-methyl/N-ethyl adjacent to an activating group) is 1. The van der Waals surface area contributed by atoms with E-state index in [4.69, 9.17) is 9.47 Å². The number of methoxy groups -OCH3 is 1. The number of aromatic hydroxyl groups is 1. The molecule has 1 saturated heterocycles. The highest BCUT2D eigenvalue weighted by Crippen LogP contribution is 2.60. The van der Waals surface area contributed by atoms with E-state index in [-0.39, 0.29) is 23.6 Å². The van der Waals surface area contributed by atoms with Crippen molar-refractivity contribution < 1.29 is 19.4 Å². The maximum absolute atomic E-state index is 12.7. The van der Waals surface area contributed by atoms with E-state index in [1.165, 1.54) is 10.8 Å². The Bertz CT molecular complexity index is 1290. The van der Waals surface area contributed by atoms with Crippen LogP contribution in [0.15, 0.2) is 48.5 Å². The first-order chi connectivity index (χ1) is 16.5. The van der Waals surface area contributed by atoms with E-state index in [9.17, 15) is 9.90 Å². The van der Waals surface area contributed by atoms with Gasteiger partial charge in [-0.3, -0.25) is 4.79 Å². The first-order valence-corrected chi connectivity index (χ1v) is 12.3. The summed E-state index contributed by atoms with van der Waals surface area (Å²) in [5.41, 5.74) is 2.71. The van der Waals surface area contributed by atoms with E-state index < -0.39 is 0 Å². The quantitative estimate of drug-likeness (QED) is 0.525. The zero-order valence-corrected chi connectivity index (χ0v) is 21.1. The van der Waals surface area contributed by atoms with E-state index in [1.54, 1.807) is 7.11 Å². The van der Waals surface area contributed by atoms with E-state index in [0.29, 0.717) is 42.9 Å². The van der Waals surface area contributed by atoms with Gasteiger partial charge in [0.25, 0.3) is 0 Å². The summed E-state index contributed by atoms with van der Waals surface area (Å²) >= 11 is 0. The maximum atomic E-state index is 12.7. The molecule has 1 heterocycles. The molecule has 2 fully saturated rings. The van der Waals surface area contributed by atoms with Crippen molar-refractivity contribution in [3.63, 3.8) is 0 Å². The largest absolute Gasteiger partial charge is 0.504 e. The van der Waals surface area contributed by atoms with Crippen LogP contribution in [-0.4, -0.2) is 42.5 Å². The summed E-state index contributed by atoms with van der Waals surface area (Å²) in [6.07, 6.45) is 3.71. The molecule has 3 aromatic rings. The van der Waals surface area contributed by atoms with Gasteiger partial charge in [0.2, 0.25) is 0 Å². The second-order valence-corrected chi connectivity index (χ2v) is 10.3. The Morgan fingerprint density at radius 2 is 1.91 bits per heavy atom. The lowest BCUT2D eigenvalue weighted by atomic mass is 9.52. The van der Waals surface area contributed by atoms with Crippen LogP contribution in [0.25, 0.3) is 10.8 Å². The summed E-state index contributed by atoms with van der Waals surface area (Å²) in [7, 11) is 3.77. The number of carbonyl (C=O) groups excluding carboxylic acids is 1. The number of ether oxygens (including phenoxy) is 2. The summed E-state index contributed by atoms with van der Waals surface area (Å²) in [5, 5.41) is 13.7. The van der Waals surface area contributed by atoms with Gasteiger partial charge in [-0.05, 0) is 61.2 Å². The molecule has 0 unspecified atom stereocenters. The average Bonchev–Trinajstić information content (AvgIpc) is 2.85. The summed E-state index contributed by atoms with van der Waals surface area (Å²) in [4.78, 5) is 15.2. The first kappa shape index (κ1) is 24.0. The number of likely N-dealkylation sites (tertiary alicyclic amines) is 1. The van der Waals surface area contributed by atoms with Crippen molar-refractivity contribution in [3.05, 3.63) is 65.2 Å². The third-order valence-corrected chi connectivity index (χ3v) is 8.57. The summed E-state index contributed by atoms with van der Waals surface area (Å²) in [5.74, 6) is 2.04. The topological polar surface area (TPSA) is 59.0 Å². The molecule has 0 amide bonds. The predicted molar refractivity (Wildman–Crippen MR) is 139 cm³/mol. The first-order valence-electron chi connectivity index (χ1n) is 12.3. The number of nitrogens with zero attached hydrogens (tertiary/aromatic N) is 1. The van der Waals surface area contributed by atoms with Gasteiger partial charge in [-0.25, -0.2) is 0 Å². The molecule has 0 radical (unpaired) electrons. The monoisotopic (exact) mass is 493 g/mol. The molecule has 1 saturated carbocycles. The third kappa shape index (κ3) is 3.76. The maximum Gasteiger partial charge on any atom is 0.164 e. The third-order valence-electron chi connectivity index (χ3n) is 8.57. The number of ketones is 1. The van der Waals surface area contributed by atoms with E-state index in [1.807, 2.05) is 18.2 Å². The lowest BCUT2D eigenvalue weighted by Gasteiger charge is -2.58. The van der Waals surface area contributed by atoms with Crippen LogP contribution < -0.4 is 9.47 Å². The van der Waals surface area contributed by atoms with Gasteiger partial charge in [0, 0.05) is 41.5 Å². The van der Waals surface area contributed by atoms with Crippen LogP contribution in [0, 0.1) is 5.92 Å². The number of hydrogen-bond donors (Lipinski definition) is 1.